The van der Waals surface area contributed by atoms with E-state index in [-0.39, 0.29) is 17.9 Å². The third-order valence-electron chi connectivity index (χ3n) is 2.35. The Morgan fingerprint density at radius 3 is 3.00 bits per heavy atom. The molecule has 0 aliphatic carbocycles. The molecule has 3 heteroatoms. The first kappa shape index (κ1) is 9.52. The monoisotopic (exact) mass is 171 g/mol. The van der Waals surface area contributed by atoms with Crippen molar-refractivity contribution in [2.75, 3.05) is 13.2 Å². The summed E-state index contributed by atoms with van der Waals surface area (Å²) in [7, 11) is 0. The van der Waals surface area contributed by atoms with Crippen LogP contribution in [0.5, 0.6) is 0 Å². The number of nitrogens with one attached hydrogen (secondary N) is 1. The largest absolute Gasteiger partial charge is 0.466 e. The quantitative estimate of drug-likeness (QED) is 0.628. The summed E-state index contributed by atoms with van der Waals surface area (Å²) in [5.41, 5.74) is 0. The highest BCUT2D eigenvalue weighted by atomic mass is 16.5. The summed E-state index contributed by atoms with van der Waals surface area (Å²) in [5, 5.41) is 3.27. The highest BCUT2D eigenvalue weighted by molar-refractivity contribution is 5.73. The molecule has 1 fully saturated rings. The van der Waals surface area contributed by atoms with Gasteiger partial charge in [0.15, 0.2) is 0 Å². The molecule has 1 rings (SSSR count). The Labute approximate surface area is 73.5 Å². The normalized spacial score (nSPS) is 29.8. The first-order chi connectivity index (χ1) is 5.75. The number of ether oxygens (including phenoxy) is 1. The summed E-state index contributed by atoms with van der Waals surface area (Å²) in [6.07, 6.45) is 2.04. The number of carbonyl (C=O) groups excluding carboxylic acids is 1. The number of rotatable bonds is 2. The number of piperidine rings is 1. The molecule has 0 aromatic heterocycles. The molecule has 0 bridgehead atoms. The van der Waals surface area contributed by atoms with E-state index in [1.807, 2.05) is 13.8 Å². The van der Waals surface area contributed by atoms with Crippen molar-refractivity contribution >= 4 is 5.97 Å². The van der Waals surface area contributed by atoms with Crippen molar-refractivity contribution in [3.05, 3.63) is 0 Å². The molecule has 0 spiro atoms. The highest BCUT2D eigenvalue weighted by Crippen LogP contribution is 2.17. The summed E-state index contributed by atoms with van der Waals surface area (Å²) in [6.45, 7) is 5.40. The SMILES string of the molecule is CCOC(=O)C1CCCNC1C. The molecule has 0 aromatic carbocycles. The van der Waals surface area contributed by atoms with Crippen molar-refractivity contribution in [3.63, 3.8) is 0 Å². The lowest BCUT2D eigenvalue weighted by atomic mass is 9.92. The predicted octanol–water partition coefficient (Wildman–Crippen LogP) is 0.938. The molecule has 0 amide bonds. The van der Waals surface area contributed by atoms with Gasteiger partial charge in [0, 0.05) is 6.04 Å². The van der Waals surface area contributed by atoms with E-state index < -0.39 is 0 Å². The fourth-order valence-electron chi connectivity index (χ4n) is 1.62. The second kappa shape index (κ2) is 4.45. The summed E-state index contributed by atoms with van der Waals surface area (Å²) in [5.74, 6) is 0.0240. The zero-order valence-electron chi connectivity index (χ0n) is 7.80. The van der Waals surface area contributed by atoms with Gasteiger partial charge in [-0.2, -0.15) is 0 Å². The average Bonchev–Trinajstić information content (AvgIpc) is 2.05. The molecular weight excluding hydrogens is 154 g/mol. The zero-order chi connectivity index (χ0) is 8.97. The van der Waals surface area contributed by atoms with Gasteiger partial charge in [0.25, 0.3) is 0 Å². The molecule has 1 N–H and O–H groups in total. The van der Waals surface area contributed by atoms with E-state index in [1.54, 1.807) is 0 Å². The maximum atomic E-state index is 11.3. The number of hydrogen-bond donors (Lipinski definition) is 1. The molecule has 12 heavy (non-hydrogen) atoms. The molecule has 1 aliphatic heterocycles. The molecule has 0 radical (unpaired) electrons. The van der Waals surface area contributed by atoms with E-state index in [1.165, 1.54) is 0 Å². The number of esters is 1. The van der Waals surface area contributed by atoms with Gasteiger partial charge in [-0.1, -0.05) is 0 Å². The Morgan fingerprint density at radius 1 is 1.67 bits per heavy atom. The zero-order valence-corrected chi connectivity index (χ0v) is 7.80. The average molecular weight is 171 g/mol. The van der Waals surface area contributed by atoms with Crippen LogP contribution in [0.25, 0.3) is 0 Å². The molecule has 1 heterocycles. The molecule has 1 aliphatic rings. The Morgan fingerprint density at radius 2 is 2.42 bits per heavy atom. The lowest BCUT2D eigenvalue weighted by Gasteiger charge is -2.27. The van der Waals surface area contributed by atoms with Crippen LogP contribution in [0.3, 0.4) is 0 Å². The van der Waals surface area contributed by atoms with E-state index in [4.69, 9.17) is 4.74 Å². The minimum atomic E-state index is -0.0443. The van der Waals surface area contributed by atoms with E-state index in [9.17, 15) is 4.79 Å². The van der Waals surface area contributed by atoms with Crippen LogP contribution in [-0.2, 0) is 9.53 Å². The molecule has 0 aromatic rings. The van der Waals surface area contributed by atoms with Crippen LogP contribution in [0.1, 0.15) is 26.7 Å². The van der Waals surface area contributed by atoms with Gasteiger partial charge >= 0.3 is 5.97 Å². The molecule has 1 saturated heterocycles. The third kappa shape index (κ3) is 2.21. The maximum absolute atomic E-state index is 11.3. The fraction of sp³-hybridized carbons (Fsp3) is 0.889. The Hall–Kier alpha value is -0.570. The van der Waals surface area contributed by atoms with Crippen molar-refractivity contribution in [1.29, 1.82) is 0 Å². The maximum Gasteiger partial charge on any atom is 0.310 e. The van der Waals surface area contributed by atoms with Gasteiger partial charge in [-0.3, -0.25) is 4.79 Å². The highest BCUT2D eigenvalue weighted by Gasteiger charge is 2.28. The van der Waals surface area contributed by atoms with Crippen molar-refractivity contribution in [1.82, 2.24) is 5.32 Å². The number of hydrogen-bond acceptors (Lipinski definition) is 3. The lowest BCUT2D eigenvalue weighted by molar-refractivity contribution is -0.149. The summed E-state index contributed by atoms with van der Waals surface area (Å²) in [6, 6.07) is 0.276. The van der Waals surface area contributed by atoms with E-state index >= 15 is 0 Å². The van der Waals surface area contributed by atoms with Gasteiger partial charge in [0.2, 0.25) is 0 Å². The van der Waals surface area contributed by atoms with Crippen LogP contribution >= 0.6 is 0 Å². The second-order valence-electron chi connectivity index (χ2n) is 3.24. The molecule has 2 atom stereocenters. The minimum absolute atomic E-state index is 0.0443. The molecule has 3 nitrogen and oxygen atoms in total. The summed E-state index contributed by atoms with van der Waals surface area (Å²) < 4.78 is 4.97. The minimum Gasteiger partial charge on any atom is -0.466 e. The van der Waals surface area contributed by atoms with Gasteiger partial charge in [0.05, 0.1) is 12.5 Å². The Bertz CT molecular complexity index is 159. The second-order valence-corrected chi connectivity index (χ2v) is 3.24. The molecule has 70 valence electrons. The standard InChI is InChI=1S/C9H17NO2/c1-3-12-9(11)8-5-4-6-10-7(8)2/h7-8,10H,3-6H2,1-2H3. The number of carbonyl (C=O) groups is 1. The molecular formula is C9H17NO2. The topological polar surface area (TPSA) is 38.3 Å². The van der Waals surface area contributed by atoms with Crippen molar-refractivity contribution < 1.29 is 9.53 Å². The smallest absolute Gasteiger partial charge is 0.310 e. The summed E-state index contributed by atoms with van der Waals surface area (Å²) in [4.78, 5) is 11.3. The van der Waals surface area contributed by atoms with Crippen molar-refractivity contribution in [3.8, 4) is 0 Å². The van der Waals surface area contributed by atoms with Gasteiger partial charge in [-0.05, 0) is 33.2 Å². The van der Waals surface area contributed by atoms with Gasteiger partial charge < -0.3 is 10.1 Å². The van der Waals surface area contributed by atoms with E-state index in [2.05, 4.69) is 5.32 Å². The lowest BCUT2D eigenvalue weighted by Crippen LogP contribution is -2.43. The van der Waals surface area contributed by atoms with Crippen LogP contribution in [0.2, 0.25) is 0 Å². The van der Waals surface area contributed by atoms with Gasteiger partial charge in [-0.25, -0.2) is 0 Å². The first-order valence-electron chi connectivity index (χ1n) is 4.65. The van der Waals surface area contributed by atoms with Gasteiger partial charge in [0.1, 0.15) is 0 Å². The predicted molar refractivity (Wildman–Crippen MR) is 46.8 cm³/mol. The van der Waals surface area contributed by atoms with Gasteiger partial charge in [-0.15, -0.1) is 0 Å². The van der Waals surface area contributed by atoms with Crippen LogP contribution < -0.4 is 5.32 Å². The first-order valence-corrected chi connectivity index (χ1v) is 4.65. The van der Waals surface area contributed by atoms with Crippen LogP contribution in [0.4, 0.5) is 0 Å². The van der Waals surface area contributed by atoms with Crippen LogP contribution in [0, 0.1) is 5.92 Å². The van der Waals surface area contributed by atoms with Crippen LogP contribution in [-0.4, -0.2) is 25.2 Å². The van der Waals surface area contributed by atoms with E-state index in [0.29, 0.717) is 6.61 Å². The molecule has 0 saturated carbocycles. The Kier molecular flexibility index (Phi) is 3.53. The fourth-order valence-corrected chi connectivity index (χ4v) is 1.62. The van der Waals surface area contributed by atoms with E-state index in [0.717, 1.165) is 19.4 Å². The Balaban J connectivity index is 2.42. The van der Waals surface area contributed by atoms with Crippen molar-refractivity contribution in [2.45, 2.75) is 32.7 Å². The van der Waals surface area contributed by atoms with Crippen molar-refractivity contribution in [2.24, 2.45) is 5.92 Å². The summed E-state index contributed by atoms with van der Waals surface area (Å²) >= 11 is 0. The molecule has 2 unspecified atom stereocenters. The van der Waals surface area contributed by atoms with Crippen LogP contribution in [0.15, 0.2) is 0 Å². The third-order valence-corrected chi connectivity index (χ3v) is 2.35.